The first kappa shape index (κ1) is 57.7. The van der Waals surface area contributed by atoms with Crippen molar-refractivity contribution in [1.29, 1.82) is 0 Å². The van der Waals surface area contributed by atoms with E-state index in [0.29, 0.717) is 51.5 Å². The number of fused-ring (bicyclic) bond motifs is 1. The fourth-order valence-electron chi connectivity index (χ4n) is 9.12. The third kappa shape index (κ3) is 16.1. The summed E-state index contributed by atoms with van der Waals surface area (Å²) >= 11 is 0. The molecule has 6 unspecified atom stereocenters. The maximum atomic E-state index is 14.4. The Morgan fingerprint density at radius 3 is 2.00 bits per heavy atom. The van der Waals surface area contributed by atoms with E-state index in [1.165, 1.54) is 23.8 Å². The van der Waals surface area contributed by atoms with Crippen molar-refractivity contribution in [3.8, 4) is 0 Å². The molecule has 3 heterocycles. The highest BCUT2D eigenvalue weighted by Gasteiger charge is 2.41. The molecule has 2 saturated heterocycles. The first-order valence-electron chi connectivity index (χ1n) is 25.2. The maximum absolute atomic E-state index is 14.4. The van der Waals surface area contributed by atoms with Gasteiger partial charge < -0.3 is 57.7 Å². The number of likely N-dealkylation sites (N-methyl/N-ethyl adjacent to an activating group) is 1. The minimum absolute atomic E-state index is 0.101. The Morgan fingerprint density at radius 1 is 0.750 bits per heavy atom. The monoisotopic (exact) mass is 1010 g/mol. The number of nitrogens with one attached hydrogen (secondary N) is 8. The van der Waals surface area contributed by atoms with Gasteiger partial charge in [-0.3, -0.25) is 52.7 Å². The summed E-state index contributed by atoms with van der Waals surface area (Å²) in [6.45, 7) is 10.6. The summed E-state index contributed by atoms with van der Waals surface area (Å²) in [6.07, 6.45) is 4.65. The topological polar surface area (TPSA) is 320 Å². The van der Waals surface area contributed by atoms with Gasteiger partial charge in [-0.25, -0.2) is 0 Å². The molecule has 2 fully saturated rings. The predicted molar refractivity (Wildman–Crippen MR) is 266 cm³/mol. The van der Waals surface area contributed by atoms with E-state index in [-0.39, 0.29) is 44.1 Å². The van der Waals surface area contributed by atoms with Crippen molar-refractivity contribution in [1.82, 2.24) is 52.0 Å². The lowest BCUT2D eigenvalue weighted by Gasteiger charge is -2.32. The van der Waals surface area contributed by atoms with Crippen LogP contribution in [0.1, 0.15) is 118 Å². The van der Waals surface area contributed by atoms with Crippen LogP contribution in [0, 0.1) is 11.8 Å². The van der Waals surface area contributed by atoms with Crippen LogP contribution in [-0.2, 0) is 59.2 Å². The number of ketones is 1. The summed E-state index contributed by atoms with van der Waals surface area (Å²) in [5, 5.41) is 19.1. The van der Waals surface area contributed by atoms with Crippen LogP contribution in [-0.4, -0.2) is 149 Å². The van der Waals surface area contributed by atoms with Gasteiger partial charge in [-0.15, -0.1) is 0 Å². The molecule has 72 heavy (non-hydrogen) atoms. The van der Waals surface area contributed by atoms with Crippen LogP contribution in [0.4, 0.5) is 0 Å². The van der Waals surface area contributed by atoms with Gasteiger partial charge in [-0.2, -0.15) is 0 Å². The minimum Gasteiger partial charge on any atom is -0.368 e. The molecule has 2 aliphatic rings. The number of para-hydroxylation sites is 1. The van der Waals surface area contributed by atoms with Crippen LogP contribution < -0.4 is 43.0 Å². The summed E-state index contributed by atoms with van der Waals surface area (Å²) in [4.78, 5) is 152. The number of benzene rings is 1. The number of nitrogens with two attached hydrogens (primary N) is 1. The van der Waals surface area contributed by atoms with E-state index >= 15 is 0 Å². The lowest BCUT2D eigenvalue weighted by atomic mass is 9.95. The number of rotatable bonds is 27. The number of aromatic amines is 1. The Balaban J connectivity index is 1.48. The Hall–Kier alpha value is -6.87. The van der Waals surface area contributed by atoms with Gasteiger partial charge >= 0.3 is 0 Å². The summed E-state index contributed by atoms with van der Waals surface area (Å²) in [7, 11) is 1.26. The third-order valence-electron chi connectivity index (χ3n) is 13.4. The van der Waals surface area contributed by atoms with E-state index < -0.39 is 120 Å². The zero-order chi connectivity index (χ0) is 53.2. The highest BCUT2D eigenvalue weighted by Crippen LogP contribution is 2.23. The number of hydrogen-bond acceptors (Lipinski definition) is 11. The molecule has 1 aromatic heterocycles. The van der Waals surface area contributed by atoms with Crippen molar-refractivity contribution in [3.05, 3.63) is 36.0 Å². The number of amides is 10. The van der Waals surface area contributed by atoms with Crippen LogP contribution >= 0.6 is 0 Å². The summed E-state index contributed by atoms with van der Waals surface area (Å²) in [6, 6.07) is -0.284. The molecule has 2 aromatic rings. The van der Waals surface area contributed by atoms with Crippen LogP contribution in [0.5, 0.6) is 0 Å². The fraction of sp³-hybridized carbons (Fsp3) is 0.620. The summed E-state index contributed by atoms with van der Waals surface area (Å²) in [5.74, 6) is -8.10. The van der Waals surface area contributed by atoms with Crippen LogP contribution in [0.3, 0.4) is 0 Å². The minimum atomic E-state index is -1.45. The number of hydrogen-bond donors (Lipinski definition) is 9. The molecule has 0 bridgehead atoms. The number of carbonyl (C=O) groups is 11. The number of aromatic nitrogens is 1. The van der Waals surface area contributed by atoms with E-state index in [2.05, 4.69) is 42.2 Å². The predicted octanol–water partition coefficient (Wildman–Crippen LogP) is 0.115. The molecule has 0 radical (unpaired) electrons. The smallest absolute Gasteiger partial charge is 0.287 e. The van der Waals surface area contributed by atoms with E-state index in [1.807, 2.05) is 52.0 Å². The number of unbranched alkanes of at least 4 members (excludes halogenated alkanes) is 1. The molecule has 0 spiro atoms. The normalized spacial score (nSPS) is 17.9. The molecule has 0 aliphatic carbocycles. The van der Waals surface area contributed by atoms with Crippen molar-refractivity contribution < 1.29 is 52.7 Å². The Labute approximate surface area is 420 Å². The Morgan fingerprint density at radius 2 is 1.38 bits per heavy atom. The molecule has 2 aliphatic heterocycles. The largest absolute Gasteiger partial charge is 0.368 e. The van der Waals surface area contributed by atoms with Crippen molar-refractivity contribution >= 4 is 75.8 Å². The number of carbonyl (C=O) groups excluding carboxylic acids is 11. The number of likely N-dealkylation sites (tertiary alicyclic amines) is 2. The van der Waals surface area contributed by atoms with Crippen molar-refractivity contribution in [2.24, 2.45) is 17.6 Å². The molecule has 22 heteroatoms. The van der Waals surface area contributed by atoms with Gasteiger partial charge in [0, 0.05) is 57.0 Å². The van der Waals surface area contributed by atoms with Crippen molar-refractivity contribution in [3.63, 3.8) is 0 Å². The maximum Gasteiger partial charge on any atom is 0.287 e. The third-order valence-corrected chi connectivity index (χ3v) is 13.4. The van der Waals surface area contributed by atoms with E-state index in [9.17, 15) is 52.7 Å². The standard InChI is InChI=1S/C50H75N11O11/c1-8-10-16-34(56-44(66)35(20-21-40(63)48(70)52-7)55-41(64)27-54-46(68)38-18-13-22-60(38)30(6)62)45(67)59-42(29(5)9-2)49(71)58-37(24-28(3)4)50(72)61-23-14-19-39(61)47(69)57-36(43(51)65)25-31-26-53-33-17-12-11-15-32(31)33/h11-12,15,17,26,28-29,34-39,42,53H,8-10,13-14,16,18-25,27H2,1-7H3,(H2,51,65)(H,52,70)(H,54,68)(H,55,64)(H,56,66)(H,57,69)(H,58,71)(H,59,67)/t29?,34?,35?,36?,37?,38-,39-,42?/m0/s1. The molecular formula is C50H75N11O11. The lowest BCUT2D eigenvalue weighted by Crippen LogP contribution is -2.61. The molecule has 10 N–H and O–H groups in total. The van der Waals surface area contributed by atoms with Crippen molar-refractivity contribution in [2.75, 3.05) is 26.7 Å². The van der Waals surface area contributed by atoms with E-state index in [4.69, 9.17) is 5.73 Å². The quantitative estimate of drug-likeness (QED) is 0.0542. The zero-order valence-electron chi connectivity index (χ0n) is 42.7. The van der Waals surface area contributed by atoms with E-state index in [0.717, 1.165) is 16.5 Å². The fourth-order valence-corrected chi connectivity index (χ4v) is 9.12. The van der Waals surface area contributed by atoms with Gasteiger partial charge in [-0.05, 0) is 68.4 Å². The SMILES string of the molecule is CCCCC(NC(=O)C(CCC(=O)C(=O)NC)NC(=O)CNC(=O)[C@@H]1CCCN1C(C)=O)C(=O)NC(C(=O)NC(CC(C)C)C(=O)N1CCC[C@H]1C(=O)NC(Cc1c[nH]c2ccccc12)C(N)=O)C(C)CC. The Kier molecular flexibility index (Phi) is 22.2. The summed E-state index contributed by atoms with van der Waals surface area (Å²) < 4.78 is 0. The van der Waals surface area contributed by atoms with E-state index in [1.54, 1.807) is 13.1 Å². The molecule has 10 amide bonds. The number of Topliss-reactive ketones (excluding diaryl/α,β-unsaturated/α-hetero) is 1. The molecule has 396 valence electrons. The second-order valence-electron chi connectivity index (χ2n) is 19.2. The lowest BCUT2D eigenvalue weighted by molar-refractivity contribution is -0.143. The van der Waals surface area contributed by atoms with Crippen LogP contribution in [0.2, 0.25) is 0 Å². The molecule has 1 aromatic carbocycles. The first-order valence-corrected chi connectivity index (χ1v) is 25.2. The number of H-pyrrole nitrogens is 1. The zero-order valence-corrected chi connectivity index (χ0v) is 42.7. The molecule has 0 saturated carbocycles. The summed E-state index contributed by atoms with van der Waals surface area (Å²) in [5.41, 5.74) is 7.40. The van der Waals surface area contributed by atoms with Gasteiger partial charge in [0.2, 0.25) is 58.9 Å². The number of nitrogens with zero attached hydrogens (tertiary/aromatic N) is 2. The van der Waals surface area contributed by atoms with Crippen LogP contribution in [0.25, 0.3) is 10.9 Å². The average Bonchev–Trinajstić information content (AvgIpc) is 4.15. The molecular weight excluding hydrogens is 931 g/mol. The Bertz CT molecular complexity index is 2300. The van der Waals surface area contributed by atoms with Gasteiger partial charge in [0.1, 0.15) is 42.3 Å². The van der Waals surface area contributed by atoms with Gasteiger partial charge in [0.25, 0.3) is 5.91 Å². The number of primary amides is 1. The second kappa shape index (κ2) is 27.7. The molecule has 22 nitrogen and oxygen atoms in total. The first-order chi connectivity index (χ1) is 34.2. The van der Waals surface area contributed by atoms with Crippen molar-refractivity contribution in [2.45, 2.75) is 161 Å². The molecule has 4 rings (SSSR count). The van der Waals surface area contributed by atoms with Crippen LogP contribution in [0.15, 0.2) is 30.5 Å². The van der Waals surface area contributed by atoms with Gasteiger partial charge in [0.05, 0.1) is 6.54 Å². The molecule has 8 atom stereocenters. The highest BCUT2D eigenvalue weighted by atomic mass is 16.2. The highest BCUT2D eigenvalue weighted by molar-refractivity contribution is 6.36. The average molecular weight is 1010 g/mol. The van der Waals surface area contributed by atoms with Gasteiger partial charge in [0.15, 0.2) is 0 Å². The van der Waals surface area contributed by atoms with Gasteiger partial charge in [-0.1, -0.05) is 72.1 Å². The second-order valence-corrected chi connectivity index (χ2v) is 19.2.